The molecular formula is C18H25N5O3. The van der Waals surface area contributed by atoms with Crippen LogP contribution in [-0.4, -0.2) is 38.3 Å². The van der Waals surface area contributed by atoms with Gasteiger partial charge >= 0.3 is 6.09 Å². The molecule has 0 aromatic carbocycles. The minimum absolute atomic E-state index is 0.0160. The molecule has 8 heteroatoms. The van der Waals surface area contributed by atoms with Crippen LogP contribution < -0.4 is 15.8 Å². The quantitative estimate of drug-likeness (QED) is 0.694. The van der Waals surface area contributed by atoms with Gasteiger partial charge in [0.05, 0.1) is 5.69 Å². The van der Waals surface area contributed by atoms with Gasteiger partial charge in [0.15, 0.2) is 0 Å². The number of ether oxygens (including phenoxy) is 1. The van der Waals surface area contributed by atoms with Gasteiger partial charge in [-0.15, -0.1) is 0 Å². The fraction of sp³-hybridized carbons (Fsp3) is 0.444. The minimum Gasteiger partial charge on any atom is -0.476 e. The van der Waals surface area contributed by atoms with Crippen molar-refractivity contribution in [3.63, 3.8) is 0 Å². The average molecular weight is 359 g/mol. The van der Waals surface area contributed by atoms with Crippen molar-refractivity contribution in [1.29, 1.82) is 0 Å². The lowest BCUT2D eigenvalue weighted by molar-refractivity contribution is 0.200. The molecule has 0 saturated carbocycles. The molecule has 0 radical (unpaired) electrons. The summed E-state index contributed by atoms with van der Waals surface area (Å²) >= 11 is 0. The highest BCUT2D eigenvalue weighted by Crippen LogP contribution is 2.24. The lowest BCUT2D eigenvalue weighted by Crippen LogP contribution is -2.43. The molecule has 8 nitrogen and oxygen atoms in total. The van der Waals surface area contributed by atoms with Crippen LogP contribution in [-0.2, 0) is 0 Å². The summed E-state index contributed by atoms with van der Waals surface area (Å²) in [6, 6.07) is 3.50. The van der Waals surface area contributed by atoms with E-state index in [4.69, 9.17) is 15.6 Å². The number of hydrogen-bond donors (Lipinski definition) is 3. The highest BCUT2D eigenvalue weighted by molar-refractivity contribution is 5.80. The van der Waals surface area contributed by atoms with Crippen LogP contribution in [0, 0.1) is 12.8 Å². The van der Waals surface area contributed by atoms with Crippen molar-refractivity contribution < 1.29 is 14.6 Å². The SMILES string of the molecule is Cc1cc(OCC(C)(N)CC(C)C)ncc1-c1ccnc(NC(=O)O)n1. The molecule has 0 aliphatic rings. The second kappa shape index (κ2) is 8.09. The number of nitrogens with one attached hydrogen (secondary N) is 1. The van der Waals surface area contributed by atoms with E-state index in [1.807, 2.05) is 19.9 Å². The van der Waals surface area contributed by atoms with Crippen LogP contribution in [0.2, 0.25) is 0 Å². The summed E-state index contributed by atoms with van der Waals surface area (Å²) in [6.45, 7) is 8.49. The number of carbonyl (C=O) groups is 1. The van der Waals surface area contributed by atoms with E-state index in [0.717, 1.165) is 17.5 Å². The fourth-order valence-corrected chi connectivity index (χ4v) is 2.77. The van der Waals surface area contributed by atoms with E-state index >= 15 is 0 Å². The molecule has 2 aromatic heterocycles. The molecule has 2 heterocycles. The number of amides is 1. The van der Waals surface area contributed by atoms with E-state index < -0.39 is 11.6 Å². The van der Waals surface area contributed by atoms with Gasteiger partial charge in [-0.1, -0.05) is 13.8 Å². The Labute approximate surface area is 152 Å². The van der Waals surface area contributed by atoms with Gasteiger partial charge in [-0.25, -0.2) is 19.7 Å². The van der Waals surface area contributed by atoms with Crippen LogP contribution in [0.15, 0.2) is 24.5 Å². The van der Waals surface area contributed by atoms with E-state index in [2.05, 4.69) is 34.1 Å². The first kappa shape index (κ1) is 19.6. The summed E-state index contributed by atoms with van der Waals surface area (Å²) in [6.07, 6.45) is 2.77. The van der Waals surface area contributed by atoms with Crippen molar-refractivity contribution in [2.24, 2.45) is 11.7 Å². The third-order valence-electron chi connectivity index (χ3n) is 3.66. The van der Waals surface area contributed by atoms with E-state index in [1.54, 1.807) is 12.3 Å². The van der Waals surface area contributed by atoms with Crippen molar-refractivity contribution in [2.45, 2.75) is 39.7 Å². The predicted molar refractivity (Wildman–Crippen MR) is 99.2 cm³/mol. The topological polar surface area (TPSA) is 123 Å². The Kier molecular flexibility index (Phi) is 6.10. The van der Waals surface area contributed by atoms with Gasteiger partial charge in [-0.05, 0) is 37.8 Å². The first-order valence-corrected chi connectivity index (χ1v) is 8.38. The Balaban J connectivity index is 2.13. The smallest absolute Gasteiger partial charge is 0.411 e. The Morgan fingerprint density at radius 2 is 2.15 bits per heavy atom. The highest BCUT2D eigenvalue weighted by Gasteiger charge is 2.21. The Hall–Kier alpha value is -2.74. The molecule has 0 fully saturated rings. The van der Waals surface area contributed by atoms with Gasteiger partial charge < -0.3 is 15.6 Å². The number of carboxylic acid groups (broad SMARTS) is 1. The molecule has 4 N–H and O–H groups in total. The molecule has 0 saturated heterocycles. The van der Waals surface area contributed by atoms with E-state index in [-0.39, 0.29) is 5.95 Å². The van der Waals surface area contributed by atoms with Gasteiger partial charge in [0.25, 0.3) is 0 Å². The largest absolute Gasteiger partial charge is 0.476 e. The van der Waals surface area contributed by atoms with Gasteiger partial charge in [-0.2, -0.15) is 0 Å². The number of hydrogen-bond acceptors (Lipinski definition) is 6. The summed E-state index contributed by atoms with van der Waals surface area (Å²) in [5.74, 6) is 0.990. The Morgan fingerprint density at radius 1 is 1.42 bits per heavy atom. The molecule has 140 valence electrons. The zero-order valence-corrected chi connectivity index (χ0v) is 15.5. The lowest BCUT2D eigenvalue weighted by Gasteiger charge is -2.26. The molecule has 0 aliphatic heterocycles. The van der Waals surface area contributed by atoms with E-state index in [9.17, 15) is 4.79 Å². The molecule has 2 aromatic rings. The molecular weight excluding hydrogens is 334 g/mol. The second-order valence-electron chi connectivity index (χ2n) is 7.07. The van der Waals surface area contributed by atoms with Gasteiger partial charge in [0.2, 0.25) is 11.8 Å². The van der Waals surface area contributed by atoms with Crippen molar-refractivity contribution in [3.8, 4) is 17.1 Å². The molecule has 2 rings (SSSR count). The first-order valence-electron chi connectivity index (χ1n) is 8.38. The maximum absolute atomic E-state index is 10.7. The summed E-state index contributed by atoms with van der Waals surface area (Å²) in [5, 5.41) is 10.9. The molecule has 26 heavy (non-hydrogen) atoms. The summed E-state index contributed by atoms with van der Waals surface area (Å²) in [5.41, 5.74) is 8.07. The van der Waals surface area contributed by atoms with Crippen molar-refractivity contribution in [2.75, 3.05) is 11.9 Å². The molecule has 0 bridgehead atoms. The average Bonchev–Trinajstić information content (AvgIpc) is 2.51. The molecule has 0 spiro atoms. The van der Waals surface area contributed by atoms with E-state index in [1.165, 1.54) is 6.20 Å². The van der Waals surface area contributed by atoms with Gasteiger partial charge in [0, 0.05) is 29.6 Å². The third-order valence-corrected chi connectivity index (χ3v) is 3.66. The van der Waals surface area contributed by atoms with Crippen LogP contribution in [0.4, 0.5) is 10.7 Å². The van der Waals surface area contributed by atoms with E-state index in [0.29, 0.717) is 24.1 Å². The van der Waals surface area contributed by atoms with Crippen molar-refractivity contribution in [1.82, 2.24) is 15.0 Å². The van der Waals surface area contributed by atoms with Crippen molar-refractivity contribution >= 4 is 12.0 Å². The Morgan fingerprint density at radius 3 is 2.77 bits per heavy atom. The number of anilines is 1. The number of rotatable bonds is 7. The zero-order chi connectivity index (χ0) is 19.3. The lowest BCUT2D eigenvalue weighted by atomic mass is 9.93. The molecule has 0 aliphatic carbocycles. The number of aryl methyl sites for hydroxylation is 1. The molecule has 1 atom stereocenters. The zero-order valence-electron chi connectivity index (χ0n) is 15.5. The number of aromatic nitrogens is 3. The highest BCUT2D eigenvalue weighted by atomic mass is 16.5. The van der Waals surface area contributed by atoms with Crippen LogP contribution >= 0.6 is 0 Å². The van der Waals surface area contributed by atoms with Gasteiger partial charge in [0.1, 0.15) is 6.61 Å². The van der Waals surface area contributed by atoms with Gasteiger partial charge in [-0.3, -0.25) is 5.32 Å². The number of nitrogens with zero attached hydrogens (tertiary/aromatic N) is 3. The van der Waals surface area contributed by atoms with Crippen LogP contribution in [0.25, 0.3) is 11.3 Å². The van der Waals surface area contributed by atoms with Crippen molar-refractivity contribution in [3.05, 3.63) is 30.1 Å². The van der Waals surface area contributed by atoms with Crippen LogP contribution in [0.1, 0.15) is 32.8 Å². The fourth-order valence-electron chi connectivity index (χ4n) is 2.77. The standard InChI is InChI=1S/C18H25N5O3/c1-11(2)8-18(4,19)10-26-15-7-12(3)13(9-21-15)14-5-6-20-16(22-14)23-17(24)25/h5-7,9,11H,8,10,19H2,1-4H3,(H,24,25)(H,20,22,23). The predicted octanol–water partition coefficient (Wildman–Crippen LogP) is 3.08. The molecule has 1 amide bonds. The normalized spacial score (nSPS) is 13.3. The van der Waals surface area contributed by atoms with Crippen LogP contribution in [0.3, 0.4) is 0 Å². The third kappa shape index (κ3) is 5.66. The Bertz CT molecular complexity index is 777. The monoisotopic (exact) mass is 359 g/mol. The maximum atomic E-state index is 10.7. The second-order valence-corrected chi connectivity index (χ2v) is 7.07. The number of nitrogens with two attached hydrogens (primary N) is 1. The minimum atomic E-state index is -1.22. The summed E-state index contributed by atoms with van der Waals surface area (Å²) in [4.78, 5) is 23.1. The maximum Gasteiger partial charge on any atom is 0.411 e. The number of pyridine rings is 1. The summed E-state index contributed by atoms with van der Waals surface area (Å²) in [7, 11) is 0. The first-order chi connectivity index (χ1) is 12.2. The van der Waals surface area contributed by atoms with Crippen LogP contribution in [0.5, 0.6) is 5.88 Å². The molecule has 1 unspecified atom stereocenters. The summed E-state index contributed by atoms with van der Waals surface area (Å²) < 4.78 is 5.76.